The summed E-state index contributed by atoms with van der Waals surface area (Å²) in [6.45, 7) is 6.69. The Hall–Kier alpha value is -1.10. The largest absolute Gasteiger partial charge is 0.408 e. The molecule has 0 aliphatic carbocycles. The number of aromatic nitrogens is 2. The average Bonchev–Trinajstić information content (AvgIpc) is 2.98. The molecular weight excluding hydrogens is 240 g/mol. The second-order valence-electron chi connectivity index (χ2n) is 6.24. The fourth-order valence-electron chi connectivity index (χ4n) is 3.55. The third kappa shape index (κ3) is 2.61. The third-order valence-corrected chi connectivity index (χ3v) is 4.48. The maximum absolute atomic E-state index is 5.78. The summed E-state index contributed by atoms with van der Waals surface area (Å²) in [6.07, 6.45) is 5.81. The second-order valence-corrected chi connectivity index (χ2v) is 6.24. The highest BCUT2D eigenvalue weighted by Gasteiger charge is 2.41. The number of anilines is 1. The maximum Gasteiger partial charge on any atom is 0.318 e. The van der Waals surface area contributed by atoms with Crippen molar-refractivity contribution < 1.29 is 4.42 Å². The normalized spacial score (nSPS) is 28.4. The van der Waals surface area contributed by atoms with Gasteiger partial charge in [-0.05, 0) is 39.3 Å². The van der Waals surface area contributed by atoms with E-state index >= 15 is 0 Å². The van der Waals surface area contributed by atoms with E-state index in [1.54, 1.807) is 0 Å². The molecule has 0 unspecified atom stereocenters. The first kappa shape index (κ1) is 12.9. The van der Waals surface area contributed by atoms with Gasteiger partial charge in [-0.15, -0.1) is 5.10 Å². The number of hydrogen-bond donors (Lipinski definition) is 0. The molecule has 2 aliphatic heterocycles. The van der Waals surface area contributed by atoms with Crippen LogP contribution in [0, 0.1) is 5.41 Å². The molecule has 1 atom stereocenters. The van der Waals surface area contributed by atoms with Gasteiger partial charge in [-0.2, -0.15) is 0 Å². The molecule has 3 heterocycles. The molecule has 2 fully saturated rings. The molecular formula is C14H24N4O. The summed E-state index contributed by atoms with van der Waals surface area (Å²) < 4.78 is 5.78. The van der Waals surface area contributed by atoms with Crippen molar-refractivity contribution in [2.24, 2.45) is 5.41 Å². The first-order valence-electron chi connectivity index (χ1n) is 7.47. The van der Waals surface area contributed by atoms with E-state index in [9.17, 15) is 0 Å². The van der Waals surface area contributed by atoms with Crippen molar-refractivity contribution in [3.63, 3.8) is 0 Å². The monoisotopic (exact) mass is 264 g/mol. The Morgan fingerprint density at radius 2 is 2.11 bits per heavy atom. The molecule has 0 amide bonds. The van der Waals surface area contributed by atoms with Crippen LogP contribution < -0.4 is 4.90 Å². The Balaban J connectivity index is 1.70. The smallest absolute Gasteiger partial charge is 0.318 e. The van der Waals surface area contributed by atoms with Crippen molar-refractivity contribution in [1.82, 2.24) is 15.1 Å². The quantitative estimate of drug-likeness (QED) is 0.835. The number of likely N-dealkylation sites (tertiary alicyclic amines) is 1. The summed E-state index contributed by atoms with van der Waals surface area (Å²) in [5.74, 6) is 0.778. The van der Waals surface area contributed by atoms with E-state index in [0.29, 0.717) is 5.41 Å². The Morgan fingerprint density at radius 1 is 1.21 bits per heavy atom. The van der Waals surface area contributed by atoms with E-state index < -0.39 is 0 Å². The molecule has 1 aromatic heterocycles. The summed E-state index contributed by atoms with van der Waals surface area (Å²) in [5, 5.41) is 8.37. The average molecular weight is 264 g/mol. The third-order valence-electron chi connectivity index (χ3n) is 4.48. The highest BCUT2D eigenvalue weighted by atomic mass is 16.4. The van der Waals surface area contributed by atoms with Gasteiger partial charge < -0.3 is 14.2 Å². The maximum atomic E-state index is 5.78. The Kier molecular flexibility index (Phi) is 3.48. The number of piperidine rings is 1. The number of hydrogen-bond acceptors (Lipinski definition) is 5. The molecule has 1 aromatic rings. The molecule has 2 aliphatic rings. The fourth-order valence-corrected chi connectivity index (χ4v) is 3.55. The number of rotatable bonds is 3. The molecule has 3 rings (SSSR count). The topological polar surface area (TPSA) is 45.4 Å². The first-order chi connectivity index (χ1) is 9.21. The van der Waals surface area contributed by atoms with Gasteiger partial charge in [-0.25, -0.2) is 0 Å². The summed E-state index contributed by atoms with van der Waals surface area (Å²) >= 11 is 0. The zero-order chi connectivity index (χ0) is 13.3. The van der Waals surface area contributed by atoms with Crippen molar-refractivity contribution in [3.05, 3.63) is 5.89 Å². The lowest BCUT2D eigenvalue weighted by Gasteiger charge is -2.39. The van der Waals surface area contributed by atoms with E-state index in [-0.39, 0.29) is 0 Å². The van der Waals surface area contributed by atoms with Crippen molar-refractivity contribution in [1.29, 1.82) is 0 Å². The van der Waals surface area contributed by atoms with Gasteiger partial charge in [0, 0.05) is 31.5 Å². The zero-order valence-corrected chi connectivity index (χ0v) is 12.1. The molecule has 0 N–H and O–H groups in total. The van der Waals surface area contributed by atoms with Gasteiger partial charge in [-0.1, -0.05) is 12.0 Å². The van der Waals surface area contributed by atoms with E-state index in [0.717, 1.165) is 37.8 Å². The fraction of sp³-hybridized carbons (Fsp3) is 0.857. The number of aryl methyl sites for hydroxylation is 1. The van der Waals surface area contributed by atoms with Gasteiger partial charge in [0.2, 0.25) is 5.89 Å². The molecule has 1 spiro atoms. The molecule has 0 aromatic carbocycles. The van der Waals surface area contributed by atoms with Gasteiger partial charge in [-0.3, -0.25) is 0 Å². The molecule has 0 saturated carbocycles. The van der Waals surface area contributed by atoms with E-state index in [1.165, 1.54) is 32.4 Å². The van der Waals surface area contributed by atoms with E-state index in [1.807, 2.05) is 0 Å². The van der Waals surface area contributed by atoms with Crippen LogP contribution in [0.5, 0.6) is 0 Å². The van der Waals surface area contributed by atoms with Gasteiger partial charge in [0.1, 0.15) is 0 Å². The zero-order valence-electron chi connectivity index (χ0n) is 12.1. The minimum absolute atomic E-state index is 0.451. The highest BCUT2D eigenvalue weighted by molar-refractivity contribution is 5.27. The van der Waals surface area contributed by atoms with Crippen molar-refractivity contribution >= 4 is 6.01 Å². The molecule has 5 nitrogen and oxygen atoms in total. The first-order valence-corrected chi connectivity index (χ1v) is 7.47. The van der Waals surface area contributed by atoms with Crippen LogP contribution in [0.1, 0.15) is 38.5 Å². The minimum atomic E-state index is 0.451. The molecule has 0 radical (unpaired) electrons. The molecule has 2 saturated heterocycles. The summed E-state index contributed by atoms with van der Waals surface area (Å²) in [6, 6.07) is 0.733. The SMILES string of the molecule is CCCc1nnc(N2CCC[C@]3(CCN(C)C3)C2)o1. The molecule has 5 heteroatoms. The summed E-state index contributed by atoms with van der Waals surface area (Å²) in [4.78, 5) is 4.74. The van der Waals surface area contributed by atoms with Gasteiger partial charge >= 0.3 is 6.01 Å². The van der Waals surface area contributed by atoms with Gasteiger partial charge in [0.05, 0.1) is 0 Å². The van der Waals surface area contributed by atoms with Crippen LogP contribution in [0.25, 0.3) is 0 Å². The lowest BCUT2D eigenvalue weighted by molar-refractivity contribution is 0.228. The van der Waals surface area contributed by atoms with Gasteiger partial charge in [0.25, 0.3) is 0 Å². The van der Waals surface area contributed by atoms with Gasteiger partial charge in [0.15, 0.2) is 0 Å². The predicted molar refractivity (Wildman–Crippen MR) is 74.3 cm³/mol. The Bertz CT molecular complexity index is 429. The Labute approximate surface area is 115 Å². The van der Waals surface area contributed by atoms with E-state index in [4.69, 9.17) is 4.42 Å². The summed E-state index contributed by atoms with van der Waals surface area (Å²) in [5.41, 5.74) is 0.451. The van der Waals surface area contributed by atoms with Crippen LogP contribution in [0.2, 0.25) is 0 Å². The predicted octanol–water partition coefficient (Wildman–Crippen LogP) is 1.94. The summed E-state index contributed by atoms with van der Waals surface area (Å²) in [7, 11) is 2.22. The van der Waals surface area contributed by atoms with Crippen LogP contribution in [-0.4, -0.2) is 48.3 Å². The van der Waals surface area contributed by atoms with Crippen LogP contribution in [0.4, 0.5) is 6.01 Å². The second kappa shape index (κ2) is 5.12. The van der Waals surface area contributed by atoms with Crippen LogP contribution in [-0.2, 0) is 6.42 Å². The standard InChI is InChI=1S/C14H24N4O/c1-3-5-12-15-16-13(19-12)18-8-4-6-14(11-18)7-9-17(2)10-14/h3-11H2,1-2H3/t14-/m1/s1. The van der Waals surface area contributed by atoms with E-state index in [2.05, 4.69) is 34.0 Å². The molecule has 0 bridgehead atoms. The highest BCUT2D eigenvalue weighted by Crippen LogP contribution is 2.39. The van der Waals surface area contributed by atoms with Crippen LogP contribution >= 0.6 is 0 Å². The molecule has 19 heavy (non-hydrogen) atoms. The van der Waals surface area contributed by atoms with Crippen molar-refractivity contribution in [2.75, 3.05) is 38.1 Å². The van der Waals surface area contributed by atoms with Crippen LogP contribution in [0.3, 0.4) is 0 Å². The van der Waals surface area contributed by atoms with Crippen molar-refractivity contribution in [2.45, 2.75) is 39.0 Å². The molecule has 106 valence electrons. The van der Waals surface area contributed by atoms with Crippen molar-refractivity contribution in [3.8, 4) is 0 Å². The van der Waals surface area contributed by atoms with Crippen LogP contribution in [0.15, 0.2) is 4.42 Å². The minimum Gasteiger partial charge on any atom is -0.408 e. The lowest BCUT2D eigenvalue weighted by atomic mass is 9.79. The lowest BCUT2D eigenvalue weighted by Crippen LogP contribution is -2.44. The Morgan fingerprint density at radius 3 is 2.84 bits per heavy atom. The number of nitrogens with zero attached hydrogens (tertiary/aromatic N) is 4.